The quantitative estimate of drug-likeness (QED) is 0.681. The van der Waals surface area contributed by atoms with Gasteiger partial charge in [-0.25, -0.2) is 4.83 Å². The zero-order chi connectivity index (χ0) is 15.7. The first kappa shape index (κ1) is 13.0. The summed E-state index contributed by atoms with van der Waals surface area (Å²) in [5.41, 5.74) is 2.38. The molecule has 0 radical (unpaired) electrons. The highest BCUT2D eigenvalue weighted by molar-refractivity contribution is 7.89. The van der Waals surface area contributed by atoms with Crippen molar-refractivity contribution in [2.24, 2.45) is 51.9 Å². The fourth-order valence-electron chi connectivity index (χ4n) is 7.61. The third-order valence-electron chi connectivity index (χ3n) is 8.06. The summed E-state index contributed by atoms with van der Waals surface area (Å²) >= 11 is 0. The van der Waals surface area contributed by atoms with Crippen LogP contribution in [0.5, 0.6) is 0 Å². The molecule has 8 atom stereocenters. The van der Waals surface area contributed by atoms with E-state index in [1.165, 1.54) is 6.42 Å². The van der Waals surface area contributed by atoms with Gasteiger partial charge >= 0.3 is 0 Å². The second-order valence-corrected chi connectivity index (χ2v) is 9.99. The van der Waals surface area contributed by atoms with E-state index < -0.39 is 10.0 Å². The first-order valence-corrected chi connectivity index (χ1v) is 10.1. The fourth-order valence-corrected chi connectivity index (χ4v) is 8.46. The van der Waals surface area contributed by atoms with Gasteiger partial charge in [0.2, 0.25) is 0 Å². The Morgan fingerprint density at radius 2 is 1.78 bits per heavy atom. The number of nitrogens with zero attached hydrogens (tertiary/aromatic N) is 1. The van der Waals surface area contributed by atoms with Crippen molar-refractivity contribution in [2.45, 2.75) is 25.2 Å². The number of sulfonamides is 1. The lowest BCUT2D eigenvalue weighted by molar-refractivity contribution is -0.414. The molecule has 6 aliphatic carbocycles. The van der Waals surface area contributed by atoms with E-state index in [4.69, 9.17) is 0 Å². The molecule has 6 fully saturated rings. The van der Waals surface area contributed by atoms with Crippen molar-refractivity contribution < 1.29 is 8.42 Å². The monoisotopic (exact) mass is 328 g/mol. The number of aryl methyl sites for hydroxylation is 1. The van der Waals surface area contributed by atoms with E-state index >= 15 is 0 Å². The van der Waals surface area contributed by atoms with E-state index in [1.807, 2.05) is 26.0 Å². The molecule has 6 aliphatic rings. The highest BCUT2D eigenvalue weighted by atomic mass is 32.2. The number of benzene rings is 1. The maximum atomic E-state index is 12.4. The molecule has 0 heterocycles. The Bertz CT molecular complexity index is 849. The molecule has 0 aromatic heterocycles. The number of rotatable bonds is 4. The zero-order valence-corrected chi connectivity index (χ0v) is 14.0. The van der Waals surface area contributed by atoms with Gasteiger partial charge < -0.3 is 0 Å². The third-order valence-corrected chi connectivity index (χ3v) is 9.28. The maximum Gasteiger partial charge on any atom is 0.276 e. The van der Waals surface area contributed by atoms with E-state index in [0.29, 0.717) is 5.41 Å². The van der Waals surface area contributed by atoms with Crippen LogP contribution in [-0.2, 0) is 10.0 Å². The summed E-state index contributed by atoms with van der Waals surface area (Å²) in [6, 6.07) is 6.90. The molecular formula is C18H20N2O2S. The lowest BCUT2D eigenvalue weighted by Gasteiger charge is -2.91. The minimum atomic E-state index is -3.56. The van der Waals surface area contributed by atoms with Crippen LogP contribution in [0.3, 0.4) is 0 Å². The van der Waals surface area contributed by atoms with Crippen molar-refractivity contribution in [3.8, 4) is 0 Å². The second kappa shape index (κ2) is 3.51. The normalized spacial score (nSPS) is 50.3. The van der Waals surface area contributed by atoms with E-state index in [2.05, 4.69) is 9.93 Å². The van der Waals surface area contributed by atoms with Crippen LogP contribution in [0, 0.1) is 53.8 Å². The molecule has 5 heteroatoms. The third kappa shape index (κ3) is 1.10. The summed E-state index contributed by atoms with van der Waals surface area (Å²) in [5.74, 6) is 6.41. The number of hydrogen-bond donors (Lipinski definition) is 1. The Balaban J connectivity index is 1.27. The molecular weight excluding hydrogens is 308 g/mol. The molecule has 4 unspecified atom stereocenters. The SMILES string of the molecule is C/C(=N\NS(=O)(=O)c1ccc(C)cc1)C12C3[C@H]4C5CC([C@H]41)[C@H]2[C@H]53. The molecule has 1 aromatic carbocycles. The van der Waals surface area contributed by atoms with Crippen LogP contribution >= 0.6 is 0 Å². The zero-order valence-electron chi connectivity index (χ0n) is 13.2. The lowest BCUT2D eigenvalue weighted by atomic mass is 9.12. The predicted molar refractivity (Wildman–Crippen MR) is 86.1 cm³/mol. The van der Waals surface area contributed by atoms with Gasteiger partial charge in [0.05, 0.1) is 4.90 Å². The van der Waals surface area contributed by atoms with Crippen molar-refractivity contribution in [1.29, 1.82) is 0 Å². The van der Waals surface area contributed by atoms with Gasteiger partial charge in [-0.1, -0.05) is 17.7 Å². The van der Waals surface area contributed by atoms with Crippen LogP contribution in [0.1, 0.15) is 18.9 Å². The van der Waals surface area contributed by atoms with E-state index in [1.54, 1.807) is 12.1 Å². The van der Waals surface area contributed by atoms with Gasteiger partial charge in [0, 0.05) is 11.1 Å². The van der Waals surface area contributed by atoms with E-state index in [9.17, 15) is 8.42 Å². The fraction of sp³-hybridized carbons (Fsp3) is 0.611. The molecule has 0 saturated heterocycles. The van der Waals surface area contributed by atoms with Gasteiger partial charge in [0.25, 0.3) is 10.0 Å². The predicted octanol–water partition coefficient (Wildman–Crippen LogP) is 2.41. The first-order chi connectivity index (χ1) is 11.0. The van der Waals surface area contributed by atoms with Crippen LogP contribution in [0.2, 0.25) is 0 Å². The Labute approximate surface area is 136 Å². The van der Waals surface area contributed by atoms with E-state index in [0.717, 1.165) is 52.7 Å². The van der Waals surface area contributed by atoms with Crippen LogP contribution in [0.25, 0.3) is 0 Å². The summed E-state index contributed by atoms with van der Waals surface area (Å²) in [4.78, 5) is 2.77. The van der Waals surface area contributed by atoms with Crippen LogP contribution in [0.4, 0.5) is 0 Å². The molecule has 7 rings (SSSR count). The van der Waals surface area contributed by atoms with Gasteiger partial charge in [0.1, 0.15) is 0 Å². The number of hydrogen-bond acceptors (Lipinski definition) is 3. The Morgan fingerprint density at radius 3 is 2.39 bits per heavy atom. The average molecular weight is 328 g/mol. The number of hydrazone groups is 1. The molecule has 1 aromatic rings. The molecule has 6 saturated carbocycles. The first-order valence-electron chi connectivity index (χ1n) is 8.61. The van der Waals surface area contributed by atoms with Gasteiger partial charge in [-0.05, 0) is 73.8 Å². The average Bonchev–Trinajstić information content (AvgIpc) is 2.75. The summed E-state index contributed by atoms with van der Waals surface area (Å²) in [7, 11) is -3.56. The molecule has 0 spiro atoms. The smallest absolute Gasteiger partial charge is 0.200 e. The van der Waals surface area contributed by atoms with Crippen molar-refractivity contribution in [2.75, 3.05) is 0 Å². The maximum absolute atomic E-state index is 12.4. The minimum absolute atomic E-state index is 0.284. The van der Waals surface area contributed by atoms with Gasteiger partial charge in [-0.2, -0.15) is 13.5 Å². The highest BCUT2D eigenvalue weighted by Gasteiger charge is 2.98. The summed E-state index contributed by atoms with van der Waals surface area (Å²) in [5, 5.41) is 4.36. The largest absolute Gasteiger partial charge is 0.276 e. The Kier molecular flexibility index (Phi) is 1.98. The summed E-state index contributed by atoms with van der Waals surface area (Å²) in [6.45, 7) is 3.99. The van der Waals surface area contributed by atoms with Crippen LogP contribution < -0.4 is 4.83 Å². The molecule has 1 N–H and O–H groups in total. The molecule has 0 amide bonds. The van der Waals surface area contributed by atoms with E-state index in [-0.39, 0.29) is 4.90 Å². The number of nitrogens with one attached hydrogen (secondary N) is 1. The van der Waals surface area contributed by atoms with Crippen LogP contribution in [-0.4, -0.2) is 14.1 Å². The van der Waals surface area contributed by atoms with Gasteiger partial charge in [-0.3, -0.25) is 0 Å². The topological polar surface area (TPSA) is 58.5 Å². The molecule has 120 valence electrons. The minimum Gasteiger partial charge on any atom is -0.200 e. The van der Waals surface area contributed by atoms with Crippen molar-refractivity contribution >= 4 is 15.7 Å². The van der Waals surface area contributed by atoms with Crippen molar-refractivity contribution in [3.63, 3.8) is 0 Å². The summed E-state index contributed by atoms with van der Waals surface area (Å²) < 4.78 is 24.8. The Morgan fingerprint density at radius 1 is 1.13 bits per heavy atom. The van der Waals surface area contributed by atoms with Gasteiger partial charge in [0.15, 0.2) is 0 Å². The van der Waals surface area contributed by atoms with Crippen molar-refractivity contribution in [3.05, 3.63) is 29.8 Å². The lowest BCUT2D eigenvalue weighted by Crippen LogP contribution is -2.90. The van der Waals surface area contributed by atoms with Gasteiger partial charge in [-0.15, -0.1) is 0 Å². The molecule has 23 heavy (non-hydrogen) atoms. The Hall–Kier alpha value is -1.36. The summed E-state index contributed by atoms with van der Waals surface area (Å²) in [6.07, 6.45) is 1.45. The highest BCUT2D eigenvalue weighted by Crippen LogP contribution is 3.00. The standard InChI is InChI=1S/C18H20N2O2S/c1-8-3-5-10(6-4-8)23(21,22)20-19-9(2)18-15-12-7-11-13(15)17(18)14(11)16(12)18/h3-6,11-17,20H,7H2,1-2H3/b19-9+/t11?,12?,13-,14-,15-,16+,17?,18?/m0/s1. The second-order valence-electron chi connectivity index (χ2n) is 8.33. The van der Waals surface area contributed by atoms with Crippen molar-refractivity contribution in [1.82, 2.24) is 4.83 Å². The van der Waals surface area contributed by atoms with Crippen LogP contribution in [0.15, 0.2) is 34.3 Å². The molecule has 0 aliphatic heterocycles. The molecule has 2 bridgehead atoms. The molecule has 4 nitrogen and oxygen atoms in total.